The molecule has 4 atom stereocenters. The summed E-state index contributed by atoms with van der Waals surface area (Å²) in [5, 5.41) is 25.5. The number of carboxylic acid groups (broad SMARTS) is 2. The van der Waals surface area contributed by atoms with E-state index in [-0.39, 0.29) is 19.3 Å². The minimum Gasteiger partial charge on any atom is -0.481 e. The van der Waals surface area contributed by atoms with Crippen LogP contribution >= 0.6 is 0 Å². The van der Waals surface area contributed by atoms with E-state index in [9.17, 15) is 33.9 Å². The molecule has 14 heteroatoms. The average molecular weight is 551 g/mol. The number of rotatable bonds is 19. The number of aliphatic carboxylic acids is 2. The molecule has 0 aromatic heterocycles. The molecule has 0 aliphatic heterocycles. The van der Waals surface area contributed by atoms with Crippen LogP contribution in [0, 0.1) is 0 Å². The van der Waals surface area contributed by atoms with Crippen molar-refractivity contribution in [2.45, 2.75) is 75.5 Å². The van der Waals surface area contributed by atoms with Crippen molar-refractivity contribution in [2.24, 2.45) is 17.2 Å². The van der Waals surface area contributed by atoms with Crippen LogP contribution in [-0.2, 0) is 35.2 Å². The zero-order chi connectivity index (χ0) is 29.4. The molecule has 14 nitrogen and oxygen atoms in total. The maximum absolute atomic E-state index is 13.3. The third-order valence-electron chi connectivity index (χ3n) is 5.80. The van der Waals surface area contributed by atoms with E-state index < -0.39 is 72.6 Å². The highest BCUT2D eigenvalue weighted by molar-refractivity contribution is 5.94. The van der Waals surface area contributed by atoms with Gasteiger partial charge in [0.2, 0.25) is 23.6 Å². The Labute approximate surface area is 226 Å². The number of carboxylic acids is 2. The Hall–Kier alpha value is -4.04. The fourth-order valence-corrected chi connectivity index (χ4v) is 3.60. The standard InChI is InChI=1S/C25H38N6O8/c26-13-5-4-8-16(27)22(35)31-19(14-15-6-2-1-3-7-15)24(37)29-17(9-11-20(28)32)23(36)30-18(25(38)39)10-12-21(33)34/h1-3,6-7,16-19H,4-5,8-14,26-27H2,(H2,28,32)(H,29,37)(H,30,36)(H,31,35)(H,33,34)(H,38,39). The van der Waals surface area contributed by atoms with Crippen molar-refractivity contribution in [3.05, 3.63) is 35.9 Å². The van der Waals surface area contributed by atoms with Crippen LogP contribution < -0.4 is 33.2 Å². The number of hydrogen-bond acceptors (Lipinski definition) is 8. The Morgan fingerprint density at radius 3 is 1.87 bits per heavy atom. The molecule has 1 rings (SSSR count). The van der Waals surface area contributed by atoms with Gasteiger partial charge in [-0.25, -0.2) is 4.79 Å². The molecule has 0 fully saturated rings. The second-order valence-electron chi connectivity index (χ2n) is 9.04. The normalized spacial score (nSPS) is 13.8. The van der Waals surface area contributed by atoms with Gasteiger partial charge in [-0.05, 0) is 37.8 Å². The summed E-state index contributed by atoms with van der Waals surface area (Å²) in [5.41, 5.74) is 17.3. The average Bonchev–Trinajstić information content (AvgIpc) is 2.88. The third kappa shape index (κ3) is 13.4. The highest BCUT2D eigenvalue weighted by atomic mass is 16.4. The van der Waals surface area contributed by atoms with E-state index in [0.29, 0.717) is 31.4 Å². The lowest BCUT2D eigenvalue weighted by Gasteiger charge is -2.25. The quantitative estimate of drug-likeness (QED) is 0.0910. The summed E-state index contributed by atoms with van der Waals surface area (Å²) in [6, 6.07) is 3.74. The van der Waals surface area contributed by atoms with Crippen molar-refractivity contribution in [3.63, 3.8) is 0 Å². The van der Waals surface area contributed by atoms with Crippen molar-refractivity contribution in [1.82, 2.24) is 16.0 Å². The largest absolute Gasteiger partial charge is 0.481 e. The number of hydrogen-bond donors (Lipinski definition) is 8. The van der Waals surface area contributed by atoms with E-state index >= 15 is 0 Å². The van der Waals surface area contributed by atoms with Gasteiger partial charge in [0.05, 0.1) is 6.04 Å². The summed E-state index contributed by atoms with van der Waals surface area (Å²) in [6.07, 6.45) is 0.190. The topological polar surface area (TPSA) is 257 Å². The van der Waals surface area contributed by atoms with Crippen molar-refractivity contribution in [1.29, 1.82) is 0 Å². The van der Waals surface area contributed by atoms with Gasteiger partial charge in [-0.15, -0.1) is 0 Å². The predicted octanol–water partition coefficient (Wildman–Crippen LogP) is -1.65. The Balaban J connectivity index is 3.09. The summed E-state index contributed by atoms with van der Waals surface area (Å²) in [5.74, 6) is -5.80. The molecule has 1 aromatic carbocycles. The molecule has 11 N–H and O–H groups in total. The molecular weight excluding hydrogens is 512 g/mol. The number of nitrogens with one attached hydrogen (secondary N) is 3. The summed E-state index contributed by atoms with van der Waals surface area (Å²) >= 11 is 0. The molecule has 0 heterocycles. The van der Waals surface area contributed by atoms with Gasteiger partial charge in [0.15, 0.2) is 0 Å². The lowest BCUT2D eigenvalue weighted by molar-refractivity contribution is -0.143. The van der Waals surface area contributed by atoms with Gasteiger partial charge in [0, 0.05) is 19.3 Å². The zero-order valence-corrected chi connectivity index (χ0v) is 21.6. The van der Waals surface area contributed by atoms with Crippen LogP contribution in [-0.4, -0.2) is 76.5 Å². The van der Waals surface area contributed by atoms with E-state index in [0.717, 1.165) is 0 Å². The second kappa shape index (κ2) is 17.5. The number of unbranched alkanes of at least 4 members (excludes halogenated alkanes) is 1. The molecule has 39 heavy (non-hydrogen) atoms. The minimum atomic E-state index is -1.55. The first-order chi connectivity index (χ1) is 18.4. The molecule has 216 valence electrons. The van der Waals surface area contributed by atoms with Gasteiger partial charge in [0.25, 0.3) is 0 Å². The first-order valence-corrected chi connectivity index (χ1v) is 12.6. The van der Waals surface area contributed by atoms with Gasteiger partial charge in [0.1, 0.15) is 18.1 Å². The van der Waals surface area contributed by atoms with Crippen LogP contribution in [0.2, 0.25) is 0 Å². The molecule has 0 saturated heterocycles. The highest BCUT2D eigenvalue weighted by Gasteiger charge is 2.31. The summed E-state index contributed by atoms with van der Waals surface area (Å²) in [4.78, 5) is 72.6. The first-order valence-electron chi connectivity index (χ1n) is 12.6. The van der Waals surface area contributed by atoms with Crippen molar-refractivity contribution >= 4 is 35.6 Å². The second-order valence-corrected chi connectivity index (χ2v) is 9.04. The van der Waals surface area contributed by atoms with Gasteiger partial charge < -0.3 is 43.4 Å². The lowest BCUT2D eigenvalue weighted by atomic mass is 10.0. The van der Waals surface area contributed by atoms with E-state index in [1.54, 1.807) is 30.3 Å². The minimum absolute atomic E-state index is 0.0501. The molecule has 0 bridgehead atoms. The van der Waals surface area contributed by atoms with Crippen molar-refractivity contribution in [2.75, 3.05) is 6.54 Å². The Bertz CT molecular complexity index is 990. The Morgan fingerprint density at radius 1 is 0.744 bits per heavy atom. The number of nitrogens with two attached hydrogens (primary N) is 3. The summed E-state index contributed by atoms with van der Waals surface area (Å²) in [7, 11) is 0. The van der Waals surface area contributed by atoms with Crippen LogP contribution in [0.15, 0.2) is 30.3 Å². The number of amides is 4. The maximum atomic E-state index is 13.3. The summed E-state index contributed by atoms with van der Waals surface area (Å²) in [6.45, 7) is 0.446. The molecule has 0 aliphatic rings. The number of primary amides is 1. The maximum Gasteiger partial charge on any atom is 0.326 e. The molecule has 0 radical (unpaired) electrons. The monoisotopic (exact) mass is 550 g/mol. The van der Waals surface area contributed by atoms with Gasteiger partial charge in [-0.1, -0.05) is 36.8 Å². The fraction of sp³-hybridized carbons (Fsp3) is 0.520. The Morgan fingerprint density at radius 2 is 1.31 bits per heavy atom. The molecule has 4 amide bonds. The van der Waals surface area contributed by atoms with Crippen molar-refractivity contribution in [3.8, 4) is 0 Å². The summed E-state index contributed by atoms with van der Waals surface area (Å²) < 4.78 is 0. The third-order valence-corrected chi connectivity index (χ3v) is 5.80. The van der Waals surface area contributed by atoms with Gasteiger partial charge in [-0.3, -0.25) is 24.0 Å². The predicted molar refractivity (Wildman–Crippen MR) is 140 cm³/mol. The van der Waals surface area contributed by atoms with E-state index in [2.05, 4.69) is 16.0 Å². The van der Waals surface area contributed by atoms with Crippen LogP contribution in [0.25, 0.3) is 0 Å². The molecule has 0 spiro atoms. The van der Waals surface area contributed by atoms with Gasteiger partial charge >= 0.3 is 11.9 Å². The number of carbonyl (C=O) groups is 6. The van der Waals surface area contributed by atoms with Crippen LogP contribution in [0.1, 0.15) is 50.5 Å². The SMILES string of the molecule is NCCCCC(N)C(=O)NC(Cc1ccccc1)C(=O)NC(CCC(N)=O)C(=O)NC(CCC(=O)O)C(=O)O. The lowest BCUT2D eigenvalue weighted by Crippen LogP contribution is -2.57. The van der Waals surface area contributed by atoms with Gasteiger partial charge in [-0.2, -0.15) is 0 Å². The molecular formula is C25H38N6O8. The zero-order valence-electron chi connectivity index (χ0n) is 21.6. The van der Waals surface area contributed by atoms with Crippen LogP contribution in [0.4, 0.5) is 0 Å². The van der Waals surface area contributed by atoms with E-state index in [1.807, 2.05) is 0 Å². The van der Waals surface area contributed by atoms with Crippen LogP contribution in [0.3, 0.4) is 0 Å². The molecule has 1 aromatic rings. The number of benzene rings is 1. The van der Waals surface area contributed by atoms with E-state index in [1.165, 1.54) is 0 Å². The number of carbonyl (C=O) groups excluding carboxylic acids is 4. The molecule has 0 aliphatic carbocycles. The first kappa shape index (κ1) is 33.0. The molecule has 0 saturated carbocycles. The fourth-order valence-electron chi connectivity index (χ4n) is 3.60. The Kier molecular flexibility index (Phi) is 14.8. The van der Waals surface area contributed by atoms with E-state index in [4.69, 9.17) is 22.3 Å². The smallest absolute Gasteiger partial charge is 0.326 e. The van der Waals surface area contributed by atoms with Crippen molar-refractivity contribution < 1.29 is 39.0 Å². The molecule has 4 unspecified atom stereocenters. The van der Waals surface area contributed by atoms with Crippen LogP contribution in [0.5, 0.6) is 0 Å². The highest BCUT2D eigenvalue weighted by Crippen LogP contribution is 2.08.